The van der Waals surface area contributed by atoms with Gasteiger partial charge in [0.25, 0.3) is 0 Å². The van der Waals surface area contributed by atoms with Crippen LogP contribution in [0.3, 0.4) is 0 Å². The maximum absolute atomic E-state index is 12.9. The van der Waals surface area contributed by atoms with E-state index in [0.717, 1.165) is 61.6 Å². The van der Waals surface area contributed by atoms with Crippen molar-refractivity contribution in [3.05, 3.63) is 66.1 Å². The van der Waals surface area contributed by atoms with Gasteiger partial charge < -0.3 is 13.9 Å². The Kier molecular flexibility index (Phi) is 6.69. The molecule has 1 fully saturated rings. The molecule has 2 aromatic carbocycles. The van der Waals surface area contributed by atoms with Crippen LogP contribution in [0.4, 0.5) is 0 Å². The van der Waals surface area contributed by atoms with Gasteiger partial charge in [-0.15, -0.1) is 10.2 Å². The molecule has 1 saturated heterocycles. The number of carbonyl (C=O) groups excluding carboxylic acids is 1. The average Bonchev–Trinajstić information content (AvgIpc) is 3.48. The van der Waals surface area contributed by atoms with Crippen LogP contribution >= 0.6 is 11.8 Å². The maximum atomic E-state index is 12.9. The summed E-state index contributed by atoms with van der Waals surface area (Å²) in [4.78, 5) is 17.3. The highest BCUT2D eigenvalue weighted by molar-refractivity contribution is 7.99. The zero-order valence-electron chi connectivity index (χ0n) is 19.6. The molecule has 0 spiro atoms. The van der Waals surface area contributed by atoms with Crippen molar-refractivity contribution in [2.24, 2.45) is 0 Å². The summed E-state index contributed by atoms with van der Waals surface area (Å²) in [6.07, 6.45) is 1.66. The van der Waals surface area contributed by atoms with Crippen molar-refractivity contribution in [2.75, 3.05) is 31.9 Å². The van der Waals surface area contributed by atoms with E-state index in [1.165, 1.54) is 28.1 Å². The number of benzene rings is 2. The Morgan fingerprint density at radius 1 is 1.03 bits per heavy atom. The van der Waals surface area contributed by atoms with Crippen LogP contribution in [0.5, 0.6) is 0 Å². The molecule has 8 heteroatoms. The molecule has 176 valence electrons. The molecule has 1 aliphatic rings. The molecule has 0 N–H and O–H groups in total. The van der Waals surface area contributed by atoms with E-state index in [1.54, 1.807) is 6.26 Å². The van der Waals surface area contributed by atoms with E-state index in [-0.39, 0.29) is 5.91 Å². The van der Waals surface area contributed by atoms with Gasteiger partial charge in [-0.25, -0.2) is 0 Å². The van der Waals surface area contributed by atoms with Crippen molar-refractivity contribution in [1.82, 2.24) is 24.6 Å². The number of piperazine rings is 1. The lowest BCUT2D eigenvalue weighted by molar-refractivity contribution is -0.130. The smallest absolute Gasteiger partial charge is 0.233 e. The monoisotopic (exact) mass is 475 g/mol. The van der Waals surface area contributed by atoms with Gasteiger partial charge in [0.1, 0.15) is 5.76 Å². The first-order valence-corrected chi connectivity index (χ1v) is 12.7. The number of aromatic nitrogens is 3. The van der Waals surface area contributed by atoms with E-state index >= 15 is 0 Å². The number of carbonyl (C=O) groups is 1. The topological polar surface area (TPSA) is 67.4 Å². The SMILES string of the molecule is CCn1c(SCC(=O)N2CCN(Cc3cccc4ccccc34)CC2)nnc1-c1ccoc1C. The van der Waals surface area contributed by atoms with Gasteiger partial charge in [-0.1, -0.05) is 54.2 Å². The van der Waals surface area contributed by atoms with Crippen molar-refractivity contribution in [2.45, 2.75) is 32.1 Å². The Morgan fingerprint density at radius 3 is 2.59 bits per heavy atom. The number of thioether (sulfide) groups is 1. The van der Waals surface area contributed by atoms with Crippen LogP contribution in [0.2, 0.25) is 0 Å². The summed E-state index contributed by atoms with van der Waals surface area (Å²) >= 11 is 1.46. The van der Waals surface area contributed by atoms with E-state index in [1.807, 2.05) is 22.5 Å². The molecule has 1 aliphatic heterocycles. The molecule has 0 atom stereocenters. The maximum Gasteiger partial charge on any atom is 0.233 e. The normalized spacial score (nSPS) is 14.7. The number of furan rings is 1. The molecule has 0 bridgehead atoms. The van der Waals surface area contributed by atoms with Gasteiger partial charge in [0.05, 0.1) is 17.6 Å². The van der Waals surface area contributed by atoms with Crippen LogP contribution in [-0.4, -0.2) is 62.4 Å². The molecule has 34 heavy (non-hydrogen) atoms. The van der Waals surface area contributed by atoms with Gasteiger partial charge in [-0.05, 0) is 36.2 Å². The predicted molar refractivity (Wildman–Crippen MR) is 135 cm³/mol. The fourth-order valence-corrected chi connectivity index (χ4v) is 5.45. The summed E-state index contributed by atoms with van der Waals surface area (Å²) in [6, 6.07) is 16.9. The second-order valence-electron chi connectivity index (χ2n) is 8.52. The Bertz CT molecular complexity index is 1280. The van der Waals surface area contributed by atoms with Crippen LogP contribution in [0.15, 0.2) is 64.4 Å². The highest BCUT2D eigenvalue weighted by Gasteiger charge is 2.23. The van der Waals surface area contributed by atoms with Crippen molar-refractivity contribution in [3.8, 4) is 11.4 Å². The zero-order chi connectivity index (χ0) is 23.5. The molecule has 2 aromatic heterocycles. The third-order valence-electron chi connectivity index (χ3n) is 6.46. The lowest BCUT2D eigenvalue weighted by Gasteiger charge is -2.35. The minimum Gasteiger partial charge on any atom is -0.469 e. The van der Waals surface area contributed by atoms with E-state index in [0.29, 0.717) is 5.75 Å². The summed E-state index contributed by atoms with van der Waals surface area (Å²) in [5.74, 6) is 2.12. The van der Waals surface area contributed by atoms with Gasteiger partial charge in [0.15, 0.2) is 11.0 Å². The summed E-state index contributed by atoms with van der Waals surface area (Å²) < 4.78 is 7.46. The fraction of sp³-hybridized carbons (Fsp3) is 0.346. The first-order chi connectivity index (χ1) is 16.6. The van der Waals surface area contributed by atoms with Crippen molar-refractivity contribution in [1.29, 1.82) is 0 Å². The Hall–Kier alpha value is -3.10. The number of amides is 1. The third-order valence-corrected chi connectivity index (χ3v) is 7.41. The first kappa shape index (κ1) is 22.7. The van der Waals surface area contributed by atoms with Gasteiger partial charge in [-0.2, -0.15) is 0 Å². The quantitative estimate of drug-likeness (QED) is 0.368. The number of aryl methyl sites for hydroxylation is 1. The molecule has 0 aliphatic carbocycles. The third kappa shape index (κ3) is 4.60. The summed E-state index contributed by atoms with van der Waals surface area (Å²) in [6.45, 7) is 8.89. The van der Waals surface area contributed by atoms with Crippen LogP contribution in [0.25, 0.3) is 22.2 Å². The lowest BCUT2D eigenvalue weighted by Crippen LogP contribution is -2.48. The molecule has 7 nitrogen and oxygen atoms in total. The van der Waals surface area contributed by atoms with Gasteiger partial charge in [0.2, 0.25) is 5.91 Å². The van der Waals surface area contributed by atoms with E-state index < -0.39 is 0 Å². The fourth-order valence-electron chi connectivity index (χ4n) is 4.54. The van der Waals surface area contributed by atoms with E-state index in [4.69, 9.17) is 4.42 Å². The zero-order valence-corrected chi connectivity index (χ0v) is 20.4. The van der Waals surface area contributed by atoms with Crippen molar-refractivity contribution < 1.29 is 9.21 Å². The molecule has 5 rings (SSSR count). The van der Waals surface area contributed by atoms with Gasteiger partial charge in [0, 0.05) is 39.3 Å². The van der Waals surface area contributed by atoms with Crippen LogP contribution in [0.1, 0.15) is 18.2 Å². The number of nitrogens with zero attached hydrogens (tertiary/aromatic N) is 5. The lowest BCUT2D eigenvalue weighted by atomic mass is 10.0. The summed E-state index contributed by atoms with van der Waals surface area (Å²) in [5.41, 5.74) is 2.28. The van der Waals surface area contributed by atoms with E-state index in [2.05, 4.69) is 64.5 Å². The molecule has 0 saturated carbocycles. The largest absolute Gasteiger partial charge is 0.469 e. The van der Waals surface area contributed by atoms with Gasteiger partial charge >= 0.3 is 0 Å². The standard InChI is InChI=1S/C26H29N5O2S/c1-3-31-25(22-11-16-33-19(22)2)27-28-26(31)34-18-24(32)30-14-12-29(13-15-30)17-21-9-6-8-20-7-4-5-10-23(20)21/h4-11,16H,3,12-15,17-18H2,1-2H3. The number of fused-ring (bicyclic) bond motifs is 1. The van der Waals surface area contributed by atoms with Crippen LogP contribution in [0, 0.1) is 6.92 Å². The predicted octanol–water partition coefficient (Wildman–Crippen LogP) is 4.46. The highest BCUT2D eigenvalue weighted by atomic mass is 32.2. The molecule has 4 aromatic rings. The van der Waals surface area contributed by atoms with Crippen LogP contribution in [-0.2, 0) is 17.9 Å². The minimum atomic E-state index is 0.154. The highest BCUT2D eigenvalue weighted by Crippen LogP contribution is 2.27. The second kappa shape index (κ2) is 10.0. The molecule has 0 unspecified atom stereocenters. The van der Waals surface area contributed by atoms with Crippen LogP contribution < -0.4 is 0 Å². The number of hydrogen-bond donors (Lipinski definition) is 0. The Balaban J connectivity index is 1.16. The van der Waals surface area contributed by atoms with Gasteiger partial charge in [-0.3, -0.25) is 9.69 Å². The molecule has 3 heterocycles. The van der Waals surface area contributed by atoms with Crippen molar-refractivity contribution >= 4 is 28.4 Å². The van der Waals surface area contributed by atoms with Crippen molar-refractivity contribution in [3.63, 3.8) is 0 Å². The number of rotatable bonds is 7. The van der Waals surface area contributed by atoms with E-state index in [9.17, 15) is 4.79 Å². The second-order valence-corrected chi connectivity index (χ2v) is 9.47. The Morgan fingerprint density at radius 2 is 1.82 bits per heavy atom. The molecular weight excluding hydrogens is 446 g/mol. The first-order valence-electron chi connectivity index (χ1n) is 11.7. The number of hydrogen-bond acceptors (Lipinski definition) is 6. The molecule has 1 amide bonds. The summed E-state index contributed by atoms with van der Waals surface area (Å²) in [7, 11) is 0. The molecular formula is C26H29N5O2S. The minimum absolute atomic E-state index is 0.154. The summed E-state index contributed by atoms with van der Waals surface area (Å²) in [5, 5.41) is 12.0. The molecule has 0 radical (unpaired) electrons. The average molecular weight is 476 g/mol. The Labute approximate surface area is 203 Å².